The summed E-state index contributed by atoms with van der Waals surface area (Å²) < 4.78 is 0. The molecule has 0 bridgehead atoms. The minimum atomic E-state index is -0.490. The van der Waals surface area contributed by atoms with Gasteiger partial charge in [-0.3, -0.25) is 4.79 Å². The van der Waals surface area contributed by atoms with Crippen molar-refractivity contribution in [1.29, 1.82) is 0 Å². The summed E-state index contributed by atoms with van der Waals surface area (Å²) in [6, 6.07) is 18.7. The van der Waals surface area contributed by atoms with Gasteiger partial charge in [-0.2, -0.15) is 0 Å². The largest absolute Gasteiger partial charge is 0.351 e. The van der Waals surface area contributed by atoms with Crippen LogP contribution in [-0.4, -0.2) is 35.2 Å². The number of nitrogens with zero attached hydrogens (tertiary/aromatic N) is 1. The lowest BCUT2D eigenvalue weighted by molar-refractivity contribution is -0.111. The van der Waals surface area contributed by atoms with Crippen LogP contribution >= 0.6 is 0 Å². The number of aromatic nitrogens is 1. The first kappa shape index (κ1) is 15.0. The van der Waals surface area contributed by atoms with Crippen LogP contribution in [-0.2, 0) is 11.2 Å². The van der Waals surface area contributed by atoms with Gasteiger partial charge in [0.1, 0.15) is 12.0 Å². The molecule has 0 aliphatic rings. The third-order valence-corrected chi connectivity index (χ3v) is 4.02. The Balaban J connectivity index is 1.80. The Morgan fingerprint density at radius 2 is 1.83 bits per heavy atom. The normalized spacial score (nSPS) is 12.0. The Bertz CT molecular complexity index is 791. The number of carbonyl (C=O) groups is 2. The Morgan fingerprint density at radius 1 is 1.13 bits per heavy atom. The van der Waals surface area contributed by atoms with Crippen molar-refractivity contribution in [2.75, 3.05) is 7.05 Å². The van der Waals surface area contributed by atoms with E-state index in [9.17, 15) is 9.59 Å². The maximum absolute atomic E-state index is 12.6. The van der Waals surface area contributed by atoms with Crippen LogP contribution in [0, 0.1) is 0 Å². The minimum absolute atomic E-state index is 0.186. The van der Waals surface area contributed by atoms with Crippen molar-refractivity contribution in [3.63, 3.8) is 0 Å². The molecule has 3 rings (SSSR count). The number of nitrogens with one attached hydrogen (secondary N) is 1. The third kappa shape index (κ3) is 3.16. The average molecular weight is 306 g/mol. The van der Waals surface area contributed by atoms with Crippen molar-refractivity contribution in [2.24, 2.45) is 0 Å². The number of para-hydroxylation sites is 1. The van der Waals surface area contributed by atoms with Gasteiger partial charge >= 0.3 is 0 Å². The van der Waals surface area contributed by atoms with Crippen LogP contribution in [0.2, 0.25) is 0 Å². The van der Waals surface area contributed by atoms with Gasteiger partial charge in [0.05, 0.1) is 6.04 Å². The van der Waals surface area contributed by atoms with E-state index in [2.05, 4.69) is 4.98 Å². The monoisotopic (exact) mass is 306 g/mol. The Hall–Kier alpha value is -2.88. The van der Waals surface area contributed by atoms with E-state index < -0.39 is 6.04 Å². The molecule has 0 unspecified atom stereocenters. The lowest BCUT2D eigenvalue weighted by atomic mass is 10.1. The number of amides is 1. The number of H-pyrrole nitrogens is 1. The van der Waals surface area contributed by atoms with E-state index in [1.54, 1.807) is 7.05 Å². The fourth-order valence-corrected chi connectivity index (χ4v) is 2.66. The maximum Gasteiger partial charge on any atom is 0.270 e. The molecule has 0 saturated carbocycles. The van der Waals surface area contributed by atoms with Crippen LogP contribution in [0.25, 0.3) is 10.9 Å². The van der Waals surface area contributed by atoms with Crippen LogP contribution in [0.3, 0.4) is 0 Å². The zero-order chi connectivity index (χ0) is 16.2. The number of aromatic amines is 1. The summed E-state index contributed by atoms with van der Waals surface area (Å²) in [4.78, 5) is 28.7. The number of benzene rings is 2. The molecule has 1 amide bonds. The molecule has 1 atom stereocenters. The smallest absolute Gasteiger partial charge is 0.270 e. The van der Waals surface area contributed by atoms with Gasteiger partial charge < -0.3 is 14.7 Å². The van der Waals surface area contributed by atoms with Gasteiger partial charge in [-0.1, -0.05) is 48.5 Å². The topological polar surface area (TPSA) is 53.2 Å². The van der Waals surface area contributed by atoms with Crippen LogP contribution < -0.4 is 0 Å². The number of hydrogen-bond acceptors (Lipinski definition) is 2. The van der Waals surface area contributed by atoms with E-state index in [1.807, 2.05) is 60.7 Å². The fraction of sp³-hybridized carbons (Fsp3) is 0.158. The van der Waals surface area contributed by atoms with E-state index in [0.29, 0.717) is 12.1 Å². The molecule has 1 N–H and O–H groups in total. The van der Waals surface area contributed by atoms with Gasteiger partial charge in [-0.15, -0.1) is 0 Å². The summed E-state index contributed by atoms with van der Waals surface area (Å²) >= 11 is 0. The van der Waals surface area contributed by atoms with Crippen LogP contribution in [0.1, 0.15) is 16.1 Å². The fourth-order valence-electron chi connectivity index (χ4n) is 2.66. The predicted molar refractivity (Wildman–Crippen MR) is 90.4 cm³/mol. The molecule has 0 aliphatic heterocycles. The third-order valence-electron chi connectivity index (χ3n) is 4.02. The quantitative estimate of drug-likeness (QED) is 0.737. The number of hydrogen-bond donors (Lipinski definition) is 1. The number of rotatable bonds is 5. The second-order valence-corrected chi connectivity index (χ2v) is 5.58. The standard InChI is InChI=1S/C19H18N2O2/c1-21(16(13-22)11-14-7-3-2-4-8-14)19(23)18-12-15-9-5-6-10-17(15)20-18/h2-10,12-13,16,20H,11H2,1H3/t16-/m0/s1. The number of fused-ring (bicyclic) bond motifs is 1. The van der Waals surface area contributed by atoms with Crippen molar-refractivity contribution in [2.45, 2.75) is 12.5 Å². The summed E-state index contributed by atoms with van der Waals surface area (Å²) in [5, 5.41) is 0.981. The van der Waals surface area contributed by atoms with Crippen molar-refractivity contribution in [3.8, 4) is 0 Å². The SMILES string of the molecule is CN(C(=O)c1cc2ccccc2[nH]1)[C@H](C=O)Cc1ccccc1. The molecular formula is C19H18N2O2. The lowest BCUT2D eigenvalue weighted by Crippen LogP contribution is -2.39. The summed E-state index contributed by atoms with van der Waals surface area (Å²) in [7, 11) is 1.66. The van der Waals surface area contributed by atoms with Crippen molar-refractivity contribution < 1.29 is 9.59 Å². The van der Waals surface area contributed by atoms with Crippen molar-refractivity contribution >= 4 is 23.1 Å². The van der Waals surface area contributed by atoms with Gasteiger partial charge in [-0.25, -0.2) is 0 Å². The van der Waals surface area contributed by atoms with Crippen molar-refractivity contribution in [1.82, 2.24) is 9.88 Å². The predicted octanol–water partition coefficient (Wildman–Crippen LogP) is 3.05. The lowest BCUT2D eigenvalue weighted by Gasteiger charge is -2.23. The second-order valence-electron chi connectivity index (χ2n) is 5.58. The summed E-state index contributed by atoms with van der Waals surface area (Å²) in [5.74, 6) is -0.186. The highest BCUT2D eigenvalue weighted by molar-refractivity contribution is 5.98. The second kappa shape index (κ2) is 6.48. The van der Waals surface area contributed by atoms with E-state index in [-0.39, 0.29) is 5.91 Å². The molecule has 4 nitrogen and oxygen atoms in total. The number of likely N-dealkylation sites (N-methyl/N-ethyl adjacent to an activating group) is 1. The van der Waals surface area contributed by atoms with Crippen LogP contribution in [0.15, 0.2) is 60.7 Å². The zero-order valence-electron chi connectivity index (χ0n) is 12.9. The number of carbonyl (C=O) groups excluding carboxylic acids is 2. The Labute approximate surface area is 134 Å². The molecule has 0 fully saturated rings. The van der Waals surface area contributed by atoms with Crippen molar-refractivity contribution in [3.05, 3.63) is 71.9 Å². The van der Waals surface area contributed by atoms with E-state index in [4.69, 9.17) is 0 Å². The zero-order valence-corrected chi connectivity index (χ0v) is 12.9. The molecular weight excluding hydrogens is 288 g/mol. The van der Waals surface area contributed by atoms with Crippen LogP contribution in [0.4, 0.5) is 0 Å². The van der Waals surface area contributed by atoms with Gasteiger partial charge in [0.2, 0.25) is 0 Å². The minimum Gasteiger partial charge on any atom is -0.351 e. The van der Waals surface area contributed by atoms with Gasteiger partial charge in [0.25, 0.3) is 5.91 Å². The summed E-state index contributed by atoms with van der Waals surface area (Å²) in [5.41, 5.74) is 2.43. The summed E-state index contributed by atoms with van der Waals surface area (Å²) in [6.07, 6.45) is 1.33. The molecule has 0 radical (unpaired) electrons. The molecule has 2 aromatic carbocycles. The summed E-state index contributed by atoms with van der Waals surface area (Å²) in [6.45, 7) is 0. The molecule has 0 spiro atoms. The molecule has 23 heavy (non-hydrogen) atoms. The first-order chi connectivity index (χ1) is 11.2. The average Bonchev–Trinajstić information content (AvgIpc) is 3.03. The van der Waals surface area contributed by atoms with Gasteiger partial charge in [0.15, 0.2) is 0 Å². The molecule has 1 heterocycles. The maximum atomic E-state index is 12.6. The highest BCUT2D eigenvalue weighted by atomic mass is 16.2. The molecule has 0 aliphatic carbocycles. The molecule has 1 aromatic heterocycles. The molecule has 116 valence electrons. The van der Waals surface area contributed by atoms with Crippen LogP contribution in [0.5, 0.6) is 0 Å². The Kier molecular flexibility index (Phi) is 4.24. The van der Waals surface area contributed by atoms with E-state index >= 15 is 0 Å². The van der Waals surface area contributed by atoms with Gasteiger partial charge in [-0.05, 0) is 24.1 Å². The van der Waals surface area contributed by atoms with E-state index in [0.717, 1.165) is 22.8 Å². The highest BCUT2D eigenvalue weighted by Crippen LogP contribution is 2.17. The molecule has 3 aromatic rings. The first-order valence-electron chi connectivity index (χ1n) is 7.53. The Morgan fingerprint density at radius 3 is 2.52 bits per heavy atom. The molecule has 0 saturated heterocycles. The first-order valence-corrected chi connectivity index (χ1v) is 7.53. The van der Waals surface area contributed by atoms with Gasteiger partial charge in [0, 0.05) is 18.0 Å². The highest BCUT2D eigenvalue weighted by Gasteiger charge is 2.22. The van der Waals surface area contributed by atoms with E-state index in [1.165, 1.54) is 4.90 Å². The number of aldehydes is 1. The molecule has 4 heteroatoms.